The fraction of sp³-hybridized carbons (Fsp3) is 0.0588. The van der Waals surface area contributed by atoms with Gasteiger partial charge in [0.05, 0.1) is 4.92 Å². The molecule has 0 aromatic heterocycles. The van der Waals surface area contributed by atoms with Crippen molar-refractivity contribution in [1.82, 2.24) is 5.32 Å². The summed E-state index contributed by atoms with van der Waals surface area (Å²) in [5, 5.41) is 16.6. The van der Waals surface area contributed by atoms with E-state index in [0.717, 1.165) is 5.56 Å². The number of rotatable bonds is 4. The molecule has 0 aliphatic rings. The number of benzene rings is 2. The minimum absolute atomic E-state index is 0.0410. The quantitative estimate of drug-likeness (QED) is 0.364. The summed E-state index contributed by atoms with van der Waals surface area (Å²) in [5.74, 6) is -0.479. The molecule has 2 aromatic carbocycles. The average molecular weight is 376 g/mol. The van der Waals surface area contributed by atoms with Gasteiger partial charge in [0.25, 0.3) is 5.69 Å². The molecule has 6 nitrogen and oxygen atoms in total. The van der Waals surface area contributed by atoms with Gasteiger partial charge in [-0.15, -0.1) is 0 Å². The van der Waals surface area contributed by atoms with Crippen LogP contribution in [0.25, 0.3) is 6.08 Å². The normalized spacial score (nSPS) is 10.5. The van der Waals surface area contributed by atoms with E-state index in [1.807, 2.05) is 0 Å². The molecule has 0 spiro atoms. The number of nitrogens with one attached hydrogen (secondary N) is 2. The zero-order chi connectivity index (χ0) is 18.4. The van der Waals surface area contributed by atoms with E-state index in [-0.39, 0.29) is 16.5 Å². The van der Waals surface area contributed by atoms with Crippen molar-refractivity contribution in [2.24, 2.45) is 0 Å². The Kier molecular flexibility index (Phi) is 6.21. The number of carbonyl (C=O) groups excluding carboxylic acids is 1. The summed E-state index contributed by atoms with van der Waals surface area (Å²) in [6.45, 7) is 1.75. The molecule has 0 aliphatic heterocycles. The molecule has 0 saturated carbocycles. The molecule has 8 heteroatoms. The highest BCUT2D eigenvalue weighted by Crippen LogP contribution is 2.25. The van der Waals surface area contributed by atoms with Crippen LogP contribution in [-0.4, -0.2) is 15.9 Å². The Morgan fingerprint density at radius 2 is 2.00 bits per heavy atom. The SMILES string of the molecule is Cc1ccc(NC(=S)NC(=O)/C=C/c2ccccc2Cl)c([N+](=O)[O-])c1. The molecule has 0 bridgehead atoms. The van der Waals surface area contributed by atoms with Gasteiger partial charge in [-0.2, -0.15) is 0 Å². The monoisotopic (exact) mass is 375 g/mol. The predicted molar refractivity (Wildman–Crippen MR) is 103 cm³/mol. The van der Waals surface area contributed by atoms with E-state index in [1.165, 1.54) is 18.2 Å². The van der Waals surface area contributed by atoms with Gasteiger partial charge in [0, 0.05) is 17.2 Å². The maximum atomic E-state index is 11.9. The Morgan fingerprint density at radius 1 is 1.28 bits per heavy atom. The molecular formula is C17H14ClN3O3S. The van der Waals surface area contributed by atoms with Gasteiger partial charge < -0.3 is 5.32 Å². The lowest BCUT2D eigenvalue weighted by Crippen LogP contribution is -2.33. The zero-order valence-corrected chi connectivity index (χ0v) is 14.7. The van der Waals surface area contributed by atoms with Gasteiger partial charge in [0.2, 0.25) is 5.91 Å². The van der Waals surface area contributed by atoms with E-state index in [2.05, 4.69) is 10.6 Å². The molecule has 2 aromatic rings. The van der Waals surface area contributed by atoms with Crippen molar-refractivity contribution in [3.63, 3.8) is 0 Å². The smallest absolute Gasteiger partial charge is 0.292 e. The third-order valence-electron chi connectivity index (χ3n) is 3.15. The van der Waals surface area contributed by atoms with Crippen LogP contribution in [-0.2, 0) is 4.79 Å². The molecule has 0 aliphatic carbocycles. The number of carbonyl (C=O) groups is 1. The van der Waals surface area contributed by atoms with Crippen molar-refractivity contribution < 1.29 is 9.72 Å². The molecule has 0 fully saturated rings. The van der Waals surface area contributed by atoms with Crippen LogP contribution in [0.3, 0.4) is 0 Å². The topological polar surface area (TPSA) is 84.3 Å². The maximum Gasteiger partial charge on any atom is 0.292 e. The number of hydrogen-bond donors (Lipinski definition) is 2. The molecule has 2 N–H and O–H groups in total. The highest BCUT2D eigenvalue weighted by atomic mass is 35.5. The van der Waals surface area contributed by atoms with Crippen LogP contribution in [0.1, 0.15) is 11.1 Å². The number of halogens is 1. The molecule has 128 valence electrons. The summed E-state index contributed by atoms with van der Waals surface area (Å²) >= 11 is 11.0. The van der Waals surface area contributed by atoms with Crippen LogP contribution in [0.2, 0.25) is 5.02 Å². The van der Waals surface area contributed by atoms with Gasteiger partial charge >= 0.3 is 0 Å². The summed E-state index contributed by atoms with van der Waals surface area (Å²) in [7, 11) is 0. The Balaban J connectivity index is 2.02. The summed E-state index contributed by atoms with van der Waals surface area (Å²) in [6.07, 6.45) is 2.83. The lowest BCUT2D eigenvalue weighted by atomic mass is 10.2. The first kappa shape index (κ1) is 18.6. The molecule has 0 radical (unpaired) electrons. The highest BCUT2D eigenvalue weighted by Gasteiger charge is 2.15. The molecule has 0 atom stereocenters. The van der Waals surface area contributed by atoms with Gasteiger partial charge in [-0.05, 0) is 48.5 Å². The van der Waals surface area contributed by atoms with Crippen LogP contribution in [0, 0.1) is 17.0 Å². The van der Waals surface area contributed by atoms with Crippen LogP contribution in [0.15, 0.2) is 48.5 Å². The first-order valence-electron chi connectivity index (χ1n) is 7.16. The molecule has 1 amide bonds. The van der Waals surface area contributed by atoms with Gasteiger partial charge in [0.1, 0.15) is 5.69 Å². The summed E-state index contributed by atoms with van der Waals surface area (Å²) < 4.78 is 0. The lowest BCUT2D eigenvalue weighted by molar-refractivity contribution is -0.383. The highest BCUT2D eigenvalue weighted by molar-refractivity contribution is 7.80. The Morgan fingerprint density at radius 3 is 2.68 bits per heavy atom. The first-order chi connectivity index (χ1) is 11.9. The van der Waals surface area contributed by atoms with Crippen molar-refractivity contribution in [1.29, 1.82) is 0 Å². The molecule has 2 rings (SSSR count). The number of thiocarbonyl (C=S) groups is 1. The minimum atomic E-state index is -0.517. The maximum absolute atomic E-state index is 11.9. The lowest BCUT2D eigenvalue weighted by Gasteiger charge is -2.09. The second-order valence-corrected chi connectivity index (χ2v) is 5.89. The fourth-order valence-corrected chi connectivity index (χ4v) is 2.39. The standard InChI is InChI=1S/C17H14ClN3O3S/c1-11-6-8-14(15(10-11)21(23)24)19-17(25)20-16(22)9-7-12-4-2-3-5-13(12)18/h2-10H,1H3,(H2,19,20,22,25)/b9-7+. The van der Waals surface area contributed by atoms with Crippen LogP contribution >= 0.6 is 23.8 Å². The van der Waals surface area contributed by atoms with Crippen molar-refractivity contribution in [2.75, 3.05) is 5.32 Å². The van der Waals surface area contributed by atoms with E-state index < -0.39 is 10.8 Å². The summed E-state index contributed by atoms with van der Waals surface area (Å²) in [4.78, 5) is 22.5. The van der Waals surface area contributed by atoms with Gasteiger partial charge in [-0.3, -0.25) is 20.2 Å². The van der Waals surface area contributed by atoms with Crippen LogP contribution in [0.4, 0.5) is 11.4 Å². The minimum Gasteiger partial charge on any atom is -0.327 e. The van der Waals surface area contributed by atoms with E-state index in [0.29, 0.717) is 10.6 Å². The van der Waals surface area contributed by atoms with Gasteiger partial charge in [0.15, 0.2) is 5.11 Å². The van der Waals surface area contributed by atoms with Gasteiger partial charge in [-0.25, -0.2) is 0 Å². The number of aryl methyl sites for hydroxylation is 1. The summed E-state index contributed by atoms with van der Waals surface area (Å²) in [5.41, 5.74) is 1.52. The first-order valence-corrected chi connectivity index (χ1v) is 7.95. The zero-order valence-electron chi connectivity index (χ0n) is 13.2. The molecule has 0 saturated heterocycles. The Bertz CT molecular complexity index is 868. The number of nitrogens with zero attached hydrogens (tertiary/aromatic N) is 1. The van der Waals surface area contributed by atoms with E-state index in [1.54, 1.807) is 43.3 Å². The second-order valence-electron chi connectivity index (χ2n) is 5.08. The predicted octanol–water partition coefficient (Wildman–Crippen LogP) is 4.08. The molecule has 25 heavy (non-hydrogen) atoms. The third kappa shape index (κ3) is 5.37. The second kappa shape index (κ2) is 8.36. The Labute approximate surface area is 154 Å². The van der Waals surface area contributed by atoms with Crippen molar-refractivity contribution in [3.8, 4) is 0 Å². The van der Waals surface area contributed by atoms with Crippen molar-refractivity contribution in [2.45, 2.75) is 6.92 Å². The number of amides is 1. The molecular weight excluding hydrogens is 362 g/mol. The number of hydrogen-bond acceptors (Lipinski definition) is 4. The summed E-state index contributed by atoms with van der Waals surface area (Å²) in [6, 6.07) is 11.7. The third-order valence-corrected chi connectivity index (χ3v) is 3.70. The molecule has 0 heterocycles. The van der Waals surface area contributed by atoms with E-state index >= 15 is 0 Å². The van der Waals surface area contributed by atoms with E-state index in [4.69, 9.17) is 23.8 Å². The number of nitro groups is 1. The van der Waals surface area contributed by atoms with Crippen LogP contribution in [0.5, 0.6) is 0 Å². The number of anilines is 1. The Hall–Kier alpha value is -2.77. The van der Waals surface area contributed by atoms with Crippen molar-refractivity contribution >= 4 is 52.3 Å². The van der Waals surface area contributed by atoms with Crippen LogP contribution < -0.4 is 10.6 Å². The van der Waals surface area contributed by atoms with Crippen molar-refractivity contribution in [3.05, 3.63) is 74.8 Å². The van der Waals surface area contributed by atoms with E-state index in [9.17, 15) is 14.9 Å². The molecule has 0 unspecified atom stereocenters. The largest absolute Gasteiger partial charge is 0.327 e. The average Bonchev–Trinajstić information content (AvgIpc) is 2.55. The van der Waals surface area contributed by atoms with Gasteiger partial charge in [-0.1, -0.05) is 35.9 Å². The fourth-order valence-electron chi connectivity index (χ4n) is 1.98. The number of nitro benzene ring substituents is 1.